The van der Waals surface area contributed by atoms with Crippen LogP contribution in [-0.2, 0) is 20.7 Å². The smallest absolute Gasteiger partial charge is 0.325 e. The van der Waals surface area contributed by atoms with Gasteiger partial charge < -0.3 is 15.0 Å². The van der Waals surface area contributed by atoms with Crippen LogP contribution in [0.3, 0.4) is 0 Å². The van der Waals surface area contributed by atoms with Crippen LogP contribution in [0.4, 0.5) is 5.69 Å². The van der Waals surface area contributed by atoms with E-state index in [1.807, 2.05) is 12.1 Å². The number of anilines is 1. The highest BCUT2D eigenvalue weighted by atomic mass is 35.5. The number of nitrogens with zero attached hydrogens (tertiary/aromatic N) is 1. The number of fused-ring (bicyclic) bond motifs is 2. The van der Waals surface area contributed by atoms with Crippen molar-refractivity contribution >= 4 is 68.2 Å². The number of hydrogen-bond donors (Lipinski definition) is 2. The van der Waals surface area contributed by atoms with Gasteiger partial charge in [-0.2, -0.15) is 0 Å². The van der Waals surface area contributed by atoms with Gasteiger partial charge in [0.1, 0.15) is 27.4 Å². The second-order valence-corrected chi connectivity index (χ2v) is 8.48. The van der Waals surface area contributed by atoms with Gasteiger partial charge in [-0.1, -0.05) is 41.4 Å². The van der Waals surface area contributed by atoms with Crippen molar-refractivity contribution in [3.8, 4) is 0 Å². The molecule has 10 heteroatoms. The lowest BCUT2D eigenvalue weighted by atomic mass is 9.97. The van der Waals surface area contributed by atoms with Crippen LogP contribution in [0.25, 0.3) is 10.2 Å². The average Bonchev–Trinajstić information content (AvgIpc) is 3.24. The topological polar surface area (TPSA) is 91.5 Å². The van der Waals surface area contributed by atoms with Crippen molar-refractivity contribution in [1.82, 2.24) is 10.3 Å². The molecule has 3 heterocycles. The van der Waals surface area contributed by atoms with Crippen LogP contribution < -0.4 is 10.2 Å². The average molecular weight is 452 g/mol. The summed E-state index contributed by atoms with van der Waals surface area (Å²) >= 11 is 13.4. The van der Waals surface area contributed by atoms with E-state index in [1.54, 1.807) is 18.2 Å². The standard InChI is InChI=1S/C19H15Cl2N3O4S/c1-28-14(25)8-24-13-5-3-2-4-9(13)6-12(19(24)27)22-17(26)11-7-10-15(20)16(21)29-18(10)23-11/h2-5,7,12,23H,6,8H2,1H3,(H,22,26). The summed E-state index contributed by atoms with van der Waals surface area (Å²) in [5.41, 5.74) is 1.76. The van der Waals surface area contributed by atoms with Gasteiger partial charge in [0.2, 0.25) is 5.91 Å². The Morgan fingerprint density at radius 1 is 1.34 bits per heavy atom. The fourth-order valence-corrected chi connectivity index (χ4v) is 4.77. The quantitative estimate of drug-likeness (QED) is 0.594. The number of para-hydroxylation sites is 1. The van der Waals surface area contributed by atoms with Gasteiger partial charge in [-0.3, -0.25) is 19.3 Å². The van der Waals surface area contributed by atoms with Crippen molar-refractivity contribution in [2.75, 3.05) is 18.6 Å². The summed E-state index contributed by atoms with van der Waals surface area (Å²) < 4.78 is 5.14. The zero-order valence-corrected chi connectivity index (χ0v) is 17.5. The Balaban J connectivity index is 1.59. The zero-order chi connectivity index (χ0) is 20.7. The van der Waals surface area contributed by atoms with E-state index in [9.17, 15) is 14.4 Å². The first kappa shape index (κ1) is 19.8. The van der Waals surface area contributed by atoms with Gasteiger partial charge in [0.05, 0.1) is 12.1 Å². The van der Waals surface area contributed by atoms with Gasteiger partial charge in [-0.15, -0.1) is 11.3 Å². The number of thiophene rings is 1. The molecule has 1 aliphatic rings. The van der Waals surface area contributed by atoms with E-state index in [1.165, 1.54) is 23.3 Å². The summed E-state index contributed by atoms with van der Waals surface area (Å²) in [5, 5.41) is 3.78. The van der Waals surface area contributed by atoms with Crippen LogP contribution in [0.1, 0.15) is 16.1 Å². The van der Waals surface area contributed by atoms with E-state index in [0.717, 1.165) is 5.56 Å². The van der Waals surface area contributed by atoms with Crippen LogP contribution in [-0.4, -0.2) is 42.5 Å². The molecule has 29 heavy (non-hydrogen) atoms. The number of H-pyrrole nitrogens is 1. The molecule has 1 aliphatic heterocycles. The SMILES string of the molecule is COC(=O)CN1C(=O)C(NC(=O)c2cc3c(Cl)c(Cl)sc3[nH]2)Cc2ccccc21. The summed E-state index contributed by atoms with van der Waals surface area (Å²) in [5.74, 6) is -1.37. The minimum atomic E-state index is -0.817. The van der Waals surface area contributed by atoms with Crippen molar-refractivity contribution in [3.05, 3.63) is 50.9 Å². The third-order valence-electron chi connectivity index (χ3n) is 4.72. The third kappa shape index (κ3) is 3.59. The van der Waals surface area contributed by atoms with Crippen molar-refractivity contribution in [2.45, 2.75) is 12.5 Å². The number of carbonyl (C=O) groups excluding carboxylic acids is 3. The van der Waals surface area contributed by atoms with Crippen molar-refractivity contribution in [1.29, 1.82) is 0 Å². The van der Waals surface area contributed by atoms with E-state index in [0.29, 0.717) is 31.7 Å². The summed E-state index contributed by atoms with van der Waals surface area (Å²) in [6.45, 7) is -0.231. The number of ether oxygens (including phenoxy) is 1. The number of aromatic nitrogens is 1. The number of nitrogens with one attached hydrogen (secondary N) is 2. The molecule has 2 amide bonds. The number of rotatable bonds is 4. The Bertz CT molecular complexity index is 1140. The molecule has 0 saturated heterocycles. The Morgan fingerprint density at radius 3 is 2.83 bits per heavy atom. The van der Waals surface area contributed by atoms with Gasteiger partial charge in [0.25, 0.3) is 5.91 Å². The van der Waals surface area contributed by atoms with Crippen LogP contribution in [0.15, 0.2) is 30.3 Å². The van der Waals surface area contributed by atoms with Crippen LogP contribution >= 0.6 is 34.5 Å². The molecule has 0 bridgehead atoms. The molecule has 0 spiro atoms. The van der Waals surface area contributed by atoms with E-state index in [2.05, 4.69) is 10.3 Å². The molecule has 4 rings (SSSR count). The normalized spacial score (nSPS) is 16.0. The molecule has 1 unspecified atom stereocenters. The zero-order valence-electron chi connectivity index (χ0n) is 15.1. The lowest BCUT2D eigenvalue weighted by Gasteiger charge is -2.33. The monoisotopic (exact) mass is 451 g/mol. The molecule has 0 fully saturated rings. The fraction of sp³-hybridized carbons (Fsp3) is 0.211. The Morgan fingerprint density at radius 2 is 2.10 bits per heavy atom. The molecule has 0 saturated carbocycles. The van der Waals surface area contributed by atoms with Crippen LogP contribution in [0.2, 0.25) is 9.36 Å². The first-order valence-electron chi connectivity index (χ1n) is 8.62. The third-order valence-corrected chi connectivity index (χ3v) is 6.65. The van der Waals surface area contributed by atoms with E-state index >= 15 is 0 Å². The molecule has 2 aromatic heterocycles. The minimum Gasteiger partial charge on any atom is -0.468 e. The largest absolute Gasteiger partial charge is 0.468 e. The van der Waals surface area contributed by atoms with Crippen LogP contribution in [0, 0.1) is 0 Å². The molecule has 2 N–H and O–H groups in total. The second kappa shape index (κ2) is 7.70. The number of halogens is 2. The lowest BCUT2D eigenvalue weighted by molar-refractivity contribution is -0.140. The highest BCUT2D eigenvalue weighted by Gasteiger charge is 2.35. The van der Waals surface area contributed by atoms with Crippen molar-refractivity contribution in [2.24, 2.45) is 0 Å². The van der Waals surface area contributed by atoms with Gasteiger partial charge in [-0.25, -0.2) is 0 Å². The van der Waals surface area contributed by atoms with Gasteiger partial charge in [0.15, 0.2) is 0 Å². The molecule has 0 aliphatic carbocycles. The molecule has 1 aromatic carbocycles. The Labute approximate surface area is 179 Å². The lowest BCUT2D eigenvalue weighted by Crippen LogP contribution is -2.54. The maximum absolute atomic E-state index is 13.0. The molecule has 1 atom stereocenters. The van der Waals surface area contributed by atoms with Crippen LogP contribution in [0.5, 0.6) is 0 Å². The molecular formula is C19H15Cl2N3O4S. The maximum atomic E-state index is 13.0. The van der Waals surface area contributed by atoms with E-state index in [4.69, 9.17) is 27.9 Å². The Kier molecular flexibility index (Phi) is 5.24. The van der Waals surface area contributed by atoms with E-state index in [-0.39, 0.29) is 18.1 Å². The number of aromatic amines is 1. The van der Waals surface area contributed by atoms with Crippen molar-refractivity contribution < 1.29 is 19.1 Å². The minimum absolute atomic E-state index is 0.231. The number of esters is 1. The van der Waals surface area contributed by atoms with Gasteiger partial charge in [0, 0.05) is 17.5 Å². The molecule has 3 aromatic rings. The highest BCUT2D eigenvalue weighted by molar-refractivity contribution is 7.23. The number of methoxy groups -OCH3 is 1. The fourth-order valence-electron chi connectivity index (χ4n) is 3.31. The molecule has 0 radical (unpaired) electrons. The molecule has 7 nitrogen and oxygen atoms in total. The molecule has 150 valence electrons. The van der Waals surface area contributed by atoms with Crippen molar-refractivity contribution in [3.63, 3.8) is 0 Å². The predicted octanol–water partition coefficient (Wildman–Crippen LogP) is 3.40. The number of amides is 2. The maximum Gasteiger partial charge on any atom is 0.325 e. The van der Waals surface area contributed by atoms with Gasteiger partial charge in [-0.05, 0) is 17.7 Å². The summed E-state index contributed by atoms with van der Waals surface area (Å²) in [7, 11) is 1.26. The number of hydrogen-bond acceptors (Lipinski definition) is 5. The highest BCUT2D eigenvalue weighted by Crippen LogP contribution is 2.39. The first-order chi connectivity index (χ1) is 13.9. The molecular weight excluding hydrogens is 437 g/mol. The number of benzene rings is 1. The van der Waals surface area contributed by atoms with E-state index < -0.39 is 17.9 Å². The number of carbonyl (C=O) groups is 3. The van der Waals surface area contributed by atoms with Gasteiger partial charge >= 0.3 is 5.97 Å². The predicted molar refractivity (Wildman–Crippen MR) is 112 cm³/mol. The second-order valence-electron chi connectivity index (χ2n) is 6.47. The summed E-state index contributed by atoms with van der Waals surface area (Å²) in [6, 6.07) is 8.03. The Hall–Kier alpha value is -2.55. The first-order valence-corrected chi connectivity index (χ1v) is 10.2. The summed E-state index contributed by atoms with van der Waals surface area (Å²) in [4.78, 5) is 42.5. The summed E-state index contributed by atoms with van der Waals surface area (Å²) in [6.07, 6.45) is 0.320.